The van der Waals surface area contributed by atoms with E-state index in [-0.39, 0.29) is 0 Å². The van der Waals surface area contributed by atoms with Crippen LogP contribution in [0.5, 0.6) is 0 Å². The van der Waals surface area contributed by atoms with Gasteiger partial charge in [-0.2, -0.15) is 5.26 Å². The molecule has 0 bridgehead atoms. The third kappa shape index (κ3) is 3.51. The number of nitrogens with one attached hydrogen (secondary N) is 3. The van der Waals surface area contributed by atoms with Gasteiger partial charge in [0.1, 0.15) is 17.6 Å². The number of anilines is 4. The number of H-pyrrole nitrogens is 1. The van der Waals surface area contributed by atoms with Crippen molar-refractivity contribution in [1.29, 1.82) is 5.26 Å². The lowest BCUT2D eigenvalue weighted by atomic mass is 10.1. The molecule has 142 valence electrons. The third-order valence-electron chi connectivity index (χ3n) is 5.22. The van der Waals surface area contributed by atoms with E-state index in [2.05, 4.69) is 44.9 Å². The Bertz CT molecular complexity index is 1270. The zero-order valence-corrected chi connectivity index (χ0v) is 16.3. The maximum atomic E-state index is 9.41. The van der Waals surface area contributed by atoms with Gasteiger partial charge < -0.3 is 15.6 Å². The number of hydrogen-bond acceptors (Lipinski definition) is 4. The number of halogens is 1. The van der Waals surface area contributed by atoms with Crippen LogP contribution in [0.1, 0.15) is 23.2 Å². The molecule has 1 aliphatic rings. The Hall–Kier alpha value is -3.49. The molecule has 0 aliphatic heterocycles. The van der Waals surface area contributed by atoms with Crippen LogP contribution in [0, 0.1) is 11.3 Å². The predicted molar refractivity (Wildman–Crippen MR) is 117 cm³/mol. The summed E-state index contributed by atoms with van der Waals surface area (Å²) in [5, 5.41) is 17.7. The molecule has 3 N–H and O–H groups in total. The summed E-state index contributed by atoms with van der Waals surface area (Å²) in [6.07, 6.45) is 5.35. The van der Waals surface area contributed by atoms with Crippen molar-refractivity contribution >= 4 is 45.4 Å². The maximum absolute atomic E-state index is 9.41. The lowest BCUT2D eigenvalue weighted by Gasteiger charge is -2.12. The molecule has 5 nitrogen and oxygen atoms in total. The highest BCUT2D eigenvalue weighted by Crippen LogP contribution is 2.30. The van der Waals surface area contributed by atoms with Crippen molar-refractivity contribution in [2.45, 2.75) is 19.3 Å². The fraction of sp³-hybridized carbons (Fsp3) is 0.130. The highest BCUT2D eigenvalue weighted by Gasteiger charge is 2.12. The molecular weight excluding hydrogens is 382 g/mol. The Balaban J connectivity index is 1.45. The summed E-state index contributed by atoms with van der Waals surface area (Å²) < 4.78 is 0. The number of pyridine rings is 1. The van der Waals surface area contributed by atoms with Crippen molar-refractivity contribution in [3.8, 4) is 6.07 Å². The minimum atomic E-state index is 0.339. The SMILES string of the molecule is N#Cc1cc(Nc2ccc3c(c2)CCC3)cc(Nc2cc(Cl)c3cc[nH]c3c2)n1. The number of hydrogen-bond donors (Lipinski definition) is 3. The molecule has 0 saturated heterocycles. The fourth-order valence-electron chi connectivity index (χ4n) is 3.88. The van der Waals surface area contributed by atoms with Crippen LogP contribution >= 0.6 is 11.6 Å². The topological polar surface area (TPSA) is 76.5 Å². The number of aromatic nitrogens is 2. The number of aryl methyl sites for hydroxylation is 2. The van der Waals surface area contributed by atoms with Gasteiger partial charge in [-0.25, -0.2) is 4.98 Å². The minimum absolute atomic E-state index is 0.339. The van der Waals surface area contributed by atoms with Crippen LogP contribution in [-0.4, -0.2) is 9.97 Å². The van der Waals surface area contributed by atoms with Gasteiger partial charge in [-0.3, -0.25) is 0 Å². The highest BCUT2D eigenvalue weighted by atomic mass is 35.5. The van der Waals surface area contributed by atoms with Crippen molar-refractivity contribution in [1.82, 2.24) is 9.97 Å². The van der Waals surface area contributed by atoms with Crippen LogP contribution in [0.3, 0.4) is 0 Å². The first-order valence-electron chi connectivity index (χ1n) is 9.53. The zero-order valence-electron chi connectivity index (χ0n) is 15.6. The van der Waals surface area contributed by atoms with Crippen LogP contribution in [-0.2, 0) is 12.8 Å². The molecule has 29 heavy (non-hydrogen) atoms. The number of nitriles is 1. The molecule has 0 fully saturated rings. The van der Waals surface area contributed by atoms with Gasteiger partial charge in [-0.15, -0.1) is 0 Å². The van der Waals surface area contributed by atoms with E-state index in [0.29, 0.717) is 16.5 Å². The average Bonchev–Trinajstić information content (AvgIpc) is 3.36. The van der Waals surface area contributed by atoms with Gasteiger partial charge in [-0.1, -0.05) is 17.7 Å². The van der Waals surface area contributed by atoms with Gasteiger partial charge >= 0.3 is 0 Å². The Morgan fingerprint density at radius 1 is 0.931 bits per heavy atom. The molecule has 2 heterocycles. The summed E-state index contributed by atoms with van der Waals surface area (Å²) in [6, 6.07) is 18.0. The van der Waals surface area contributed by atoms with Gasteiger partial charge in [-0.05, 0) is 66.8 Å². The summed E-state index contributed by atoms with van der Waals surface area (Å²) in [6.45, 7) is 0. The Morgan fingerprint density at radius 3 is 2.69 bits per heavy atom. The number of fused-ring (bicyclic) bond motifs is 2. The van der Waals surface area contributed by atoms with Crippen molar-refractivity contribution in [2.75, 3.05) is 10.6 Å². The molecule has 1 aliphatic carbocycles. The van der Waals surface area contributed by atoms with Crippen molar-refractivity contribution in [2.24, 2.45) is 0 Å². The highest BCUT2D eigenvalue weighted by molar-refractivity contribution is 6.35. The van der Waals surface area contributed by atoms with E-state index < -0.39 is 0 Å². The van der Waals surface area contributed by atoms with Crippen molar-refractivity contribution in [3.05, 3.63) is 76.6 Å². The van der Waals surface area contributed by atoms with Crippen LogP contribution < -0.4 is 10.6 Å². The normalized spacial score (nSPS) is 12.6. The summed E-state index contributed by atoms with van der Waals surface area (Å²) in [7, 11) is 0. The summed E-state index contributed by atoms with van der Waals surface area (Å²) in [5.41, 5.74) is 6.74. The second-order valence-corrected chi connectivity index (χ2v) is 7.63. The first-order valence-corrected chi connectivity index (χ1v) is 9.90. The smallest absolute Gasteiger partial charge is 0.144 e. The van der Waals surface area contributed by atoms with Gasteiger partial charge in [0.2, 0.25) is 0 Å². The monoisotopic (exact) mass is 399 g/mol. The van der Waals surface area contributed by atoms with Gasteiger partial charge in [0, 0.05) is 40.2 Å². The van der Waals surface area contributed by atoms with Crippen LogP contribution in [0.4, 0.5) is 22.9 Å². The van der Waals surface area contributed by atoms with Gasteiger partial charge in [0.05, 0.1) is 5.02 Å². The molecule has 5 rings (SSSR count). The molecule has 0 radical (unpaired) electrons. The lowest BCUT2D eigenvalue weighted by molar-refractivity contribution is 0.912. The van der Waals surface area contributed by atoms with Gasteiger partial charge in [0.15, 0.2) is 0 Å². The molecule has 0 amide bonds. The Labute approximate surface area is 173 Å². The third-order valence-corrected chi connectivity index (χ3v) is 5.53. The van der Waals surface area contributed by atoms with Crippen LogP contribution in [0.2, 0.25) is 5.02 Å². The summed E-state index contributed by atoms with van der Waals surface area (Å²) in [4.78, 5) is 7.54. The van der Waals surface area contributed by atoms with E-state index in [1.165, 1.54) is 17.5 Å². The van der Waals surface area contributed by atoms with Crippen molar-refractivity contribution in [3.63, 3.8) is 0 Å². The molecule has 2 aromatic heterocycles. The first-order chi connectivity index (χ1) is 14.2. The Kier molecular flexibility index (Phi) is 4.34. The summed E-state index contributed by atoms with van der Waals surface area (Å²) >= 11 is 6.37. The van der Waals surface area contributed by atoms with Gasteiger partial charge in [0.25, 0.3) is 0 Å². The second-order valence-electron chi connectivity index (χ2n) is 7.22. The first kappa shape index (κ1) is 17.6. The molecule has 4 aromatic rings. The molecule has 6 heteroatoms. The summed E-state index contributed by atoms with van der Waals surface area (Å²) in [5.74, 6) is 0.578. The van der Waals surface area contributed by atoms with E-state index in [9.17, 15) is 5.26 Å². The minimum Gasteiger partial charge on any atom is -0.361 e. The second kappa shape index (κ2) is 7.16. The van der Waals surface area contributed by atoms with E-state index >= 15 is 0 Å². The Morgan fingerprint density at radius 2 is 1.79 bits per heavy atom. The maximum Gasteiger partial charge on any atom is 0.144 e. The quantitative estimate of drug-likeness (QED) is 0.389. The fourth-order valence-corrected chi connectivity index (χ4v) is 4.16. The van der Waals surface area contributed by atoms with E-state index in [1.54, 1.807) is 6.07 Å². The molecular formula is C23H18ClN5. The number of aromatic amines is 1. The number of benzene rings is 2. The van der Waals surface area contributed by atoms with Crippen LogP contribution in [0.25, 0.3) is 10.9 Å². The van der Waals surface area contributed by atoms with Crippen LogP contribution in [0.15, 0.2) is 54.7 Å². The molecule has 0 saturated carbocycles. The van der Waals surface area contributed by atoms with E-state index in [1.807, 2.05) is 30.5 Å². The zero-order chi connectivity index (χ0) is 19.8. The average molecular weight is 400 g/mol. The molecule has 0 unspecified atom stereocenters. The molecule has 2 aromatic carbocycles. The molecule has 0 spiro atoms. The predicted octanol–water partition coefficient (Wildman–Crippen LogP) is 6.06. The largest absolute Gasteiger partial charge is 0.361 e. The van der Waals surface area contributed by atoms with Crippen molar-refractivity contribution < 1.29 is 0 Å². The molecule has 0 atom stereocenters. The number of nitrogens with zero attached hydrogens (tertiary/aromatic N) is 2. The standard InChI is InChI=1S/C23H18ClN5/c24-21-10-18(11-22-20(21)6-7-26-22)28-23-12-17(9-19(13-25)29-23)27-16-5-4-14-2-1-3-15(14)8-16/h4-12,26H,1-3H2,(H2,27,28,29). The van der Waals surface area contributed by atoms with E-state index in [0.717, 1.165) is 40.8 Å². The van der Waals surface area contributed by atoms with E-state index in [4.69, 9.17) is 11.6 Å². The lowest BCUT2D eigenvalue weighted by Crippen LogP contribution is -1.99. The number of rotatable bonds is 4.